The molecule has 12 heteroatoms. The molecular formula is C12H18N2O7S3. The highest BCUT2D eigenvalue weighted by molar-refractivity contribution is 7.94. The van der Waals surface area contributed by atoms with E-state index in [1.807, 2.05) is 0 Å². The van der Waals surface area contributed by atoms with Gasteiger partial charge in [0.05, 0.1) is 13.2 Å². The second kappa shape index (κ2) is 7.45. The monoisotopic (exact) mass is 398 g/mol. The zero-order valence-electron chi connectivity index (χ0n) is 13.1. The summed E-state index contributed by atoms with van der Waals surface area (Å²) in [6.07, 6.45) is 0.111. The van der Waals surface area contributed by atoms with Crippen molar-refractivity contribution in [3.05, 3.63) is 11.6 Å². The lowest BCUT2D eigenvalue weighted by Crippen LogP contribution is -2.39. The van der Waals surface area contributed by atoms with Gasteiger partial charge in [0, 0.05) is 32.4 Å². The average molecular weight is 398 g/mol. The molecule has 1 aliphatic rings. The number of methoxy groups -OCH3 is 2. The summed E-state index contributed by atoms with van der Waals surface area (Å²) < 4.78 is 62.7. The minimum absolute atomic E-state index is 0.0779. The van der Waals surface area contributed by atoms with Gasteiger partial charge in [0.25, 0.3) is 20.0 Å². The first-order valence-corrected chi connectivity index (χ1v) is 10.6. The number of fused-ring (bicyclic) bond motifs is 1. The van der Waals surface area contributed by atoms with E-state index in [0.29, 0.717) is 24.4 Å². The van der Waals surface area contributed by atoms with Crippen LogP contribution in [0.1, 0.15) is 18.1 Å². The lowest BCUT2D eigenvalue weighted by Gasteiger charge is -2.29. The molecule has 9 nitrogen and oxygen atoms in total. The number of sulfonamides is 2. The van der Waals surface area contributed by atoms with Crippen molar-refractivity contribution < 1.29 is 31.4 Å². The summed E-state index contributed by atoms with van der Waals surface area (Å²) in [6.45, 7) is 0.426. The molecule has 0 aliphatic carbocycles. The Bertz CT molecular complexity index is 814. The molecule has 1 atom stereocenters. The molecule has 0 unspecified atom stereocenters. The minimum Gasteiger partial charge on any atom is -0.486 e. The first kappa shape index (κ1) is 19.3. The molecule has 24 heavy (non-hydrogen) atoms. The number of thiophene rings is 1. The maximum Gasteiger partial charge on any atom is 0.294 e. The molecule has 2 heterocycles. The Morgan fingerprint density at radius 1 is 1.50 bits per heavy atom. The van der Waals surface area contributed by atoms with Crippen molar-refractivity contribution >= 4 is 37.8 Å². The van der Waals surface area contributed by atoms with E-state index in [1.165, 1.54) is 14.2 Å². The van der Waals surface area contributed by atoms with Gasteiger partial charge in [0.1, 0.15) is 8.42 Å². The summed E-state index contributed by atoms with van der Waals surface area (Å²) in [5.41, 5.74) is 0.0779. The predicted molar refractivity (Wildman–Crippen MR) is 87.2 cm³/mol. The topological polar surface area (TPSA) is 123 Å². The van der Waals surface area contributed by atoms with E-state index in [2.05, 4.69) is 9.13 Å². The van der Waals surface area contributed by atoms with E-state index in [4.69, 9.17) is 4.74 Å². The largest absolute Gasteiger partial charge is 0.486 e. The number of rotatable bonds is 7. The van der Waals surface area contributed by atoms with Crippen LogP contribution in [0.5, 0.6) is 0 Å². The molecule has 2 rings (SSSR count). The number of hydrogen-bond donors (Lipinski definition) is 1. The van der Waals surface area contributed by atoms with Crippen molar-refractivity contribution in [2.45, 2.75) is 20.9 Å². The fourth-order valence-electron chi connectivity index (χ4n) is 2.18. The van der Waals surface area contributed by atoms with Crippen LogP contribution in [-0.2, 0) is 29.5 Å². The van der Waals surface area contributed by atoms with Crippen LogP contribution in [-0.4, -0.2) is 66.6 Å². The SMILES string of the molecule is CO/C=N/S(=O)(=O)c1cc2c(s1)S(=O)(=O)N(CCCOC)C[C@H]2O. The highest BCUT2D eigenvalue weighted by atomic mass is 32.3. The minimum atomic E-state index is -4.08. The summed E-state index contributed by atoms with van der Waals surface area (Å²) in [7, 11) is -5.20. The molecule has 0 amide bonds. The van der Waals surface area contributed by atoms with Crippen molar-refractivity contribution in [3.8, 4) is 0 Å². The van der Waals surface area contributed by atoms with Crippen LogP contribution < -0.4 is 0 Å². The molecule has 1 aliphatic heterocycles. The Morgan fingerprint density at radius 2 is 2.21 bits per heavy atom. The highest BCUT2D eigenvalue weighted by Crippen LogP contribution is 2.40. The second-order valence-corrected chi connectivity index (χ2v) is 10.00. The van der Waals surface area contributed by atoms with Gasteiger partial charge in [0.2, 0.25) is 0 Å². The molecule has 0 fully saturated rings. The van der Waals surface area contributed by atoms with Gasteiger partial charge >= 0.3 is 0 Å². The first-order chi connectivity index (χ1) is 11.2. The van der Waals surface area contributed by atoms with Crippen LogP contribution in [0.4, 0.5) is 0 Å². The maximum absolute atomic E-state index is 12.6. The highest BCUT2D eigenvalue weighted by Gasteiger charge is 2.39. The number of nitrogens with zero attached hydrogens (tertiary/aromatic N) is 2. The van der Waals surface area contributed by atoms with E-state index < -0.39 is 26.2 Å². The van der Waals surface area contributed by atoms with Crippen LogP contribution in [0, 0.1) is 0 Å². The van der Waals surface area contributed by atoms with Crippen molar-refractivity contribution in [2.75, 3.05) is 33.9 Å². The Labute approximate surface area is 144 Å². The Balaban J connectivity index is 2.40. The number of β-amino-alcohol motifs (C(OH)–C–C–N with tert-alkyl or cyclic N) is 1. The van der Waals surface area contributed by atoms with Crippen LogP contribution in [0.3, 0.4) is 0 Å². The van der Waals surface area contributed by atoms with E-state index >= 15 is 0 Å². The third kappa shape index (κ3) is 3.78. The predicted octanol–water partition coefficient (Wildman–Crippen LogP) is 0.186. The first-order valence-electron chi connectivity index (χ1n) is 6.86. The lowest BCUT2D eigenvalue weighted by molar-refractivity contribution is 0.131. The maximum atomic E-state index is 12.6. The number of hydrogen-bond acceptors (Lipinski definition) is 8. The molecule has 0 radical (unpaired) electrons. The zero-order valence-corrected chi connectivity index (χ0v) is 15.5. The van der Waals surface area contributed by atoms with Gasteiger partial charge in [-0.1, -0.05) is 0 Å². The Hall–Kier alpha value is -1.05. The Morgan fingerprint density at radius 3 is 2.83 bits per heavy atom. The lowest BCUT2D eigenvalue weighted by atomic mass is 10.2. The molecule has 0 bridgehead atoms. The molecule has 0 aromatic carbocycles. The van der Waals surface area contributed by atoms with Gasteiger partial charge in [-0.15, -0.1) is 15.7 Å². The number of ether oxygens (including phenoxy) is 2. The zero-order chi connectivity index (χ0) is 18.0. The molecule has 1 aromatic heterocycles. The Kier molecular flexibility index (Phi) is 5.99. The summed E-state index contributed by atoms with van der Waals surface area (Å²) in [4.78, 5) is 0. The van der Waals surface area contributed by atoms with E-state index in [1.54, 1.807) is 0 Å². The summed E-state index contributed by atoms with van der Waals surface area (Å²) >= 11 is 0.568. The quantitative estimate of drug-likeness (QED) is 0.395. The van der Waals surface area contributed by atoms with Crippen LogP contribution in [0.25, 0.3) is 0 Å². The van der Waals surface area contributed by atoms with Crippen molar-refractivity contribution in [3.63, 3.8) is 0 Å². The van der Waals surface area contributed by atoms with E-state index in [0.717, 1.165) is 16.8 Å². The summed E-state index contributed by atoms with van der Waals surface area (Å²) in [5.74, 6) is 0. The van der Waals surface area contributed by atoms with Gasteiger partial charge < -0.3 is 14.6 Å². The third-order valence-electron chi connectivity index (χ3n) is 3.31. The van der Waals surface area contributed by atoms with Gasteiger partial charge in [0.15, 0.2) is 6.40 Å². The fourth-order valence-corrected chi connectivity index (χ4v) is 6.84. The van der Waals surface area contributed by atoms with Crippen molar-refractivity contribution in [1.82, 2.24) is 4.31 Å². The third-order valence-corrected chi connectivity index (χ3v) is 8.52. The number of aliphatic hydroxyl groups excluding tert-OH is 1. The van der Waals surface area contributed by atoms with Crippen LogP contribution in [0.2, 0.25) is 0 Å². The molecule has 0 saturated carbocycles. The fraction of sp³-hybridized carbons (Fsp3) is 0.583. The molecule has 0 spiro atoms. The standard InChI is InChI=1S/C12H18N2O7S3/c1-20-5-3-4-14-7-10(15)9-6-11(22-12(9)24(14,18)19)23(16,17)13-8-21-2/h6,8,10,15H,3-5,7H2,1-2H3/b13-8+/t10-/m1/s1. The van der Waals surface area contributed by atoms with Crippen molar-refractivity contribution in [2.24, 2.45) is 4.40 Å². The number of aliphatic hydroxyl groups is 1. The molecule has 1 N–H and O–H groups in total. The van der Waals surface area contributed by atoms with Gasteiger partial charge in [-0.05, 0) is 12.5 Å². The van der Waals surface area contributed by atoms with Gasteiger partial charge in [-0.25, -0.2) is 8.42 Å². The smallest absolute Gasteiger partial charge is 0.294 e. The summed E-state index contributed by atoms with van der Waals surface area (Å²) in [6, 6.07) is 1.15. The second-order valence-electron chi connectivity index (χ2n) is 4.96. The van der Waals surface area contributed by atoms with Crippen LogP contribution >= 0.6 is 11.3 Å². The molecule has 136 valence electrons. The summed E-state index contributed by atoms with van der Waals surface area (Å²) in [5, 5.41) is 10.2. The normalized spacial score (nSPS) is 21.0. The van der Waals surface area contributed by atoms with Crippen molar-refractivity contribution in [1.29, 1.82) is 0 Å². The van der Waals surface area contributed by atoms with E-state index in [9.17, 15) is 21.9 Å². The molecular weight excluding hydrogens is 380 g/mol. The average Bonchev–Trinajstić information content (AvgIpc) is 2.98. The molecule has 0 saturated heterocycles. The van der Waals surface area contributed by atoms with Gasteiger partial charge in [-0.2, -0.15) is 12.7 Å². The van der Waals surface area contributed by atoms with E-state index in [-0.39, 0.29) is 27.1 Å². The molecule has 1 aromatic rings. The van der Waals surface area contributed by atoms with Crippen LogP contribution in [0.15, 0.2) is 18.9 Å². The van der Waals surface area contributed by atoms with Gasteiger partial charge in [-0.3, -0.25) is 0 Å².